The highest BCUT2D eigenvalue weighted by atomic mass is 35.5. The summed E-state index contributed by atoms with van der Waals surface area (Å²) in [5.41, 5.74) is 5.39. The Morgan fingerprint density at radius 1 is 0.771 bits per heavy atom. The van der Waals surface area contributed by atoms with Crippen LogP contribution < -0.4 is 25.4 Å². The predicted octanol–water partition coefficient (Wildman–Crippen LogP) is 5.28. The van der Waals surface area contributed by atoms with Crippen molar-refractivity contribution in [3.63, 3.8) is 0 Å². The summed E-state index contributed by atoms with van der Waals surface area (Å²) < 4.78 is 11.2. The lowest BCUT2D eigenvalue weighted by Gasteiger charge is -2.15. The van der Waals surface area contributed by atoms with E-state index in [1.807, 2.05) is 36.4 Å². The topological polar surface area (TPSA) is 140 Å². The molecule has 0 unspecified atom stereocenters. The Bertz CT molecular complexity index is 1690. The Kier molecular flexibility index (Phi) is 10.7. The zero-order chi connectivity index (χ0) is 33.6. The van der Waals surface area contributed by atoms with E-state index in [0.717, 1.165) is 36.2 Å². The molecule has 0 saturated carbocycles. The Labute approximate surface area is 289 Å². The summed E-state index contributed by atoms with van der Waals surface area (Å²) in [7, 11) is 3.14. The van der Waals surface area contributed by atoms with Crippen LogP contribution in [0.2, 0.25) is 10.0 Å². The average Bonchev–Trinajstić information content (AvgIpc) is 3.72. The standard InChI is InChI=1S/C35H37Cl2N7O4/c1-47-34-26(11-3-6-20-12-30(45)41-15-20)39-18-27(43-34)24-9-4-7-22(32(24)36)23-8-5-10-25(33(23)37)28-19-40-29(35(44-28)48-2)17-38-14-21-13-31(46)42-16-21/h4-5,7-10,18-21,38H,3,6,11-17H2,1-2H3,(H,41,45)(H,42,46)/t20-,21+/m1/s1. The summed E-state index contributed by atoms with van der Waals surface area (Å²) in [4.78, 5) is 41.8. The zero-order valence-corrected chi connectivity index (χ0v) is 28.3. The molecule has 250 valence electrons. The minimum Gasteiger partial charge on any atom is -0.480 e. The number of methoxy groups -OCH3 is 2. The fraction of sp³-hybridized carbons (Fsp3) is 0.371. The number of hydrogen-bond donors (Lipinski definition) is 3. The highest BCUT2D eigenvalue weighted by Crippen LogP contribution is 2.42. The molecule has 2 amide bonds. The molecule has 2 aliphatic heterocycles. The molecule has 2 aromatic heterocycles. The quantitative estimate of drug-likeness (QED) is 0.171. The normalized spacial score (nSPS) is 17.3. The van der Waals surface area contributed by atoms with Gasteiger partial charge < -0.3 is 25.4 Å². The minimum atomic E-state index is 0.0820. The van der Waals surface area contributed by atoms with E-state index < -0.39 is 0 Å². The summed E-state index contributed by atoms with van der Waals surface area (Å²) in [5.74, 6) is 1.65. The maximum atomic E-state index is 11.5. The molecule has 4 aromatic rings. The second kappa shape index (κ2) is 15.3. The van der Waals surface area contributed by atoms with E-state index >= 15 is 0 Å². The molecule has 2 atom stereocenters. The first-order chi connectivity index (χ1) is 23.3. The molecule has 0 spiro atoms. The average molecular weight is 691 g/mol. The van der Waals surface area contributed by atoms with Crippen LogP contribution in [0.25, 0.3) is 33.6 Å². The molecule has 48 heavy (non-hydrogen) atoms. The predicted molar refractivity (Wildman–Crippen MR) is 184 cm³/mol. The van der Waals surface area contributed by atoms with E-state index in [0.29, 0.717) is 94.8 Å². The number of halogens is 2. The van der Waals surface area contributed by atoms with Gasteiger partial charge in [-0.15, -0.1) is 0 Å². The van der Waals surface area contributed by atoms with Gasteiger partial charge in [-0.2, -0.15) is 0 Å². The molecule has 0 radical (unpaired) electrons. The van der Waals surface area contributed by atoms with Gasteiger partial charge in [-0.1, -0.05) is 59.6 Å². The van der Waals surface area contributed by atoms with Gasteiger partial charge in [0.1, 0.15) is 11.4 Å². The largest absolute Gasteiger partial charge is 0.480 e. The molecule has 0 bridgehead atoms. The number of amides is 2. The molecule has 2 fully saturated rings. The van der Waals surface area contributed by atoms with E-state index in [1.165, 1.54) is 0 Å². The molecule has 0 aliphatic carbocycles. The van der Waals surface area contributed by atoms with Crippen LogP contribution in [0, 0.1) is 11.8 Å². The van der Waals surface area contributed by atoms with Crippen molar-refractivity contribution in [2.75, 3.05) is 33.9 Å². The molecule has 2 aliphatic rings. The number of aryl methyl sites for hydroxylation is 1. The second-order valence-corrected chi connectivity index (χ2v) is 12.8. The number of carbonyl (C=O) groups is 2. The van der Waals surface area contributed by atoms with Crippen molar-refractivity contribution in [3.05, 3.63) is 70.2 Å². The Morgan fingerprint density at radius 3 is 1.83 bits per heavy atom. The van der Waals surface area contributed by atoms with Crippen molar-refractivity contribution in [2.45, 2.75) is 38.6 Å². The molecule has 2 saturated heterocycles. The molecule has 13 heteroatoms. The fourth-order valence-corrected chi connectivity index (χ4v) is 6.83. The zero-order valence-electron chi connectivity index (χ0n) is 26.8. The summed E-state index contributed by atoms with van der Waals surface area (Å²) in [6.45, 7) is 2.54. The van der Waals surface area contributed by atoms with Gasteiger partial charge in [-0.05, 0) is 31.1 Å². The van der Waals surface area contributed by atoms with Gasteiger partial charge in [0.25, 0.3) is 0 Å². The number of nitrogens with zero attached hydrogens (tertiary/aromatic N) is 4. The molecular weight excluding hydrogens is 653 g/mol. The van der Waals surface area contributed by atoms with Gasteiger partial charge in [0.15, 0.2) is 0 Å². The van der Waals surface area contributed by atoms with E-state index in [4.69, 9.17) is 42.6 Å². The van der Waals surface area contributed by atoms with Crippen molar-refractivity contribution in [3.8, 4) is 45.4 Å². The first-order valence-corrected chi connectivity index (χ1v) is 16.7. The van der Waals surface area contributed by atoms with Crippen LogP contribution in [0.3, 0.4) is 0 Å². The van der Waals surface area contributed by atoms with Gasteiger partial charge in [0, 0.05) is 61.3 Å². The first kappa shape index (κ1) is 33.6. The Morgan fingerprint density at radius 2 is 1.29 bits per heavy atom. The SMILES string of the molecule is COc1nc(-c2cccc(-c3cccc(-c4cnc(CNC[C@H]5CNC(=O)C5)c(OC)n4)c3Cl)c2Cl)cnc1CCC[C@H]1CNC(=O)C1. The number of carbonyl (C=O) groups excluding carboxylic acids is 2. The van der Waals surface area contributed by atoms with E-state index in [1.54, 1.807) is 26.6 Å². The molecule has 11 nitrogen and oxygen atoms in total. The smallest absolute Gasteiger partial charge is 0.237 e. The fourth-order valence-electron chi connectivity index (χ4n) is 6.18. The first-order valence-electron chi connectivity index (χ1n) is 16.0. The third kappa shape index (κ3) is 7.53. The van der Waals surface area contributed by atoms with Crippen molar-refractivity contribution in [1.29, 1.82) is 0 Å². The third-order valence-corrected chi connectivity index (χ3v) is 9.54. The molecular formula is C35H37Cl2N7O4. The number of hydrogen-bond acceptors (Lipinski definition) is 9. The van der Waals surface area contributed by atoms with Crippen LogP contribution >= 0.6 is 23.2 Å². The van der Waals surface area contributed by atoms with Crippen LogP contribution in [0.15, 0.2) is 48.8 Å². The molecule has 3 N–H and O–H groups in total. The van der Waals surface area contributed by atoms with Crippen LogP contribution in [-0.4, -0.2) is 65.6 Å². The highest BCUT2D eigenvalue weighted by Gasteiger charge is 2.23. The van der Waals surface area contributed by atoms with Crippen molar-refractivity contribution in [2.24, 2.45) is 11.8 Å². The van der Waals surface area contributed by atoms with Gasteiger partial charge in [0.2, 0.25) is 23.6 Å². The Balaban J connectivity index is 1.20. The number of ether oxygens (including phenoxy) is 2. The van der Waals surface area contributed by atoms with Gasteiger partial charge in [-0.25, -0.2) is 9.97 Å². The van der Waals surface area contributed by atoms with Gasteiger partial charge >= 0.3 is 0 Å². The van der Waals surface area contributed by atoms with Gasteiger partial charge in [0.05, 0.1) is 48.0 Å². The summed E-state index contributed by atoms with van der Waals surface area (Å²) in [6.07, 6.45) is 7.01. The maximum absolute atomic E-state index is 11.5. The molecule has 4 heterocycles. The Hall–Kier alpha value is -4.32. The lowest BCUT2D eigenvalue weighted by atomic mass is 9.98. The number of aromatic nitrogens is 4. The van der Waals surface area contributed by atoms with Crippen LogP contribution in [-0.2, 0) is 22.6 Å². The van der Waals surface area contributed by atoms with Crippen molar-refractivity contribution >= 4 is 35.0 Å². The number of benzene rings is 2. The van der Waals surface area contributed by atoms with Crippen LogP contribution in [0.4, 0.5) is 0 Å². The summed E-state index contributed by atoms with van der Waals surface area (Å²) >= 11 is 14.1. The third-order valence-electron chi connectivity index (χ3n) is 8.72. The molecule has 6 rings (SSSR count). The highest BCUT2D eigenvalue weighted by molar-refractivity contribution is 6.39. The van der Waals surface area contributed by atoms with E-state index in [2.05, 4.69) is 25.9 Å². The minimum absolute atomic E-state index is 0.0820. The second-order valence-electron chi connectivity index (χ2n) is 12.0. The monoisotopic (exact) mass is 689 g/mol. The molecule has 2 aromatic carbocycles. The van der Waals surface area contributed by atoms with Gasteiger partial charge in [-0.3, -0.25) is 19.6 Å². The lowest BCUT2D eigenvalue weighted by molar-refractivity contribution is -0.120. The van der Waals surface area contributed by atoms with Crippen molar-refractivity contribution < 1.29 is 19.1 Å². The maximum Gasteiger partial charge on any atom is 0.237 e. The van der Waals surface area contributed by atoms with E-state index in [-0.39, 0.29) is 17.7 Å². The van der Waals surface area contributed by atoms with Crippen LogP contribution in [0.5, 0.6) is 11.8 Å². The number of nitrogens with one attached hydrogen (secondary N) is 3. The number of rotatable bonds is 13. The van der Waals surface area contributed by atoms with E-state index in [9.17, 15) is 9.59 Å². The summed E-state index contributed by atoms with van der Waals surface area (Å²) in [5, 5.41) is 10.0. The summed E-state index contributed by atoms with van der Waals surface area (Å²) in [6, 6.07) is 11.4. The van der Waals surface area contributed by atoms with Crippen LogP contribution in [0.1, 0.15) is 37.1 Å². The lowest BCUT2D eigenvalue weighted by Crippen LogP contribution is -2.24. The van der Waals surface area contributed by atoms with Crippen molar-refractivity contribution in [1.82, 2.24) is 35.9 Å².